The fourth-order valence-electron chi connectivity index (χ4n) is 3.88. The molecule has 3 atom stereocenters. The average Bonchev–Trinajstić information content (AvgIpc) is 2.46. The molecule has 1 saturated carbocycles. The molecule has 1 aromatic rings. The Bertz CT molecular complexity index is 424. The van der Waals surface area contributed by atoms with Crippen LogP contribution >= 0.6 is 0 Å². The number of likely N-dealkylation sites (N-methyl/N-ethyl adjacent to an activating group) is 1. The lowest BCUT2D eigenvalue weighted by Crippen LogP contribution is -2.49. The van der Waals surface area contributed by atoms with Crippen molar-refractivity contribution >= 4 is 0 Å². The third-order valence-electron chi connectivity index (χ3n) is 4.77. The van der Waals surface area contributed by atoms with Crippen molar-refractivity contribution in [1.29, 1.82) is 0 Å². The molecule has 0 heterocycles. The maximum atomic E-state index is 6.38. The Hall–Kier alpha value is -0.860. The van der Waals surface area contributed by atoms with Gasteiger partial charge in [0.2, 0.25) is 0 Å². The molecular weight excluding hydrogens is 258 g/mol. The summed E-state index contributed by atoms with van der Waals surface area (Å²) in [5.74, 6) is 0.747. The number of benzene rings is 1. The van der Waals surface area contributed by atoms with Gasteiger partial charge in [-0.2, -0.15) is 0 Å². The topological polar surface area (TPSA) is 21.3 Å². The van der Waals surface area contributed by atoms with Crippen molar-refractivity contribution in [3.05, 3.63) is 35.4 Å². The molecule has 2 nitrogen and oxygen atoms in total. The third-order valence-corrected chi connectivity index (χ3v) is 4.77. The van der Waals surface area contributed by atoms with Crippen LogP contribution in [0.2, 0.25) is 0 Å². The molecule has 0 radical (unpaired) electrons. The highest BCUT2D eigenvalue weighted by molar-refractivity contribution is 5.27. The Morgan fingerprint density at radius 1 is 1.29 bits per heavy atom. The molecule has 0 spiro atoms. The van der Waals surface area contributed by atoms with E-state index in [0.29, 0.717) is 6.04 Å². The van der Waals surface area contributed by atoms with Crippen LogP contribution in [0.5, 0.6) is 0 Å². The second kappa shape index (κ2) is 7.42. The molecule has 1 fully saturated rings. The molecule has 21 heavy (non-hydrogen) atoms. The quantitative estimate of drug-likeness (QED) is 0.824. The molecule has 0 aromatic heterocycles. The minimum atomic E-state index is -0.0440. The summed E-state index contributed by atoms with van der Waals surface area (Å²) in [5.41, 5.74) is 2.64. The predicted octanol–water partition coefficient (Wildman–Crippen LogP) is 4.63. The van der Waals surface area contributed by atoms with E-state index in [9.17, 15) is 0 Å². The van der Waals surface area contributed by atoms with E-state index in [1.165, 1.54) is 24.0 Å². The zero-order valence-corrected chi connectivity index (χ0v) is 14.1. The highest BCUT2D eigenvalue weighted by Crippen LogP contribution is 2.43. The Labute approximate surface area is 130 Å². The van der Waals surface area contributed by atoms with Crippen LogP contribution in [0.15, 0.2) is 24.3 Å². The third kappa shape index (κ3) is 3.87. The minimum Gasteiger partial charge on any atom is -0.373 e. The van der Waals surface area contributed by atoms with E-state index in [1.54, 1.807) is 0 Å². The molecule has 0 aliphatic heterocycles. The summed E-state index contributed by atoms with van der Waals surface area (Å²) in [6.07, 6.45) is 4.93. The molecule has 2 heteroatoms. The SMILES string of the molecule is CCNC(c1ccc(C)cc1)C1(OCC)CCCC(C)C1. The van der Waals surface area contributed by atoms with Gasteiger partial charge < -0.3 is 10.1 Å². The molecule has 0 saturated heterocycles. The second-order valence-corrected chi connectivity index (χ2v) is 6.60. The van der Waals surface area contributed by atoms with Crippen LogP contribution in [0.3, 0.4) is 0 Å². The molecule has 118 valence electrons. The monoisotopic (exact) mass is 289 g/mol. The van der Waals surface area contributed by atoms with Gasteiger partial charge in [-0.25, -0.2) is 0 Å². The van der Waals surface area contributed by atoms with Gasteiger partial charge in [-0.15, -0.1) is 0 Å². The van der Waals surface area contributed by atoms with E-state index >= 15 is 0 Å². The van der Waals surface area contributed by atoms with E-state index in [-0.39, 0.29) is 5.60 Å². The van der Waals surface area contributed by atoms with Crippen molar-refractivity contribution in [3.63, 3.8) is 0 Å². The molecule has 1 N–H and O–H groups in total. The zero-order valence-electron chi connectivity index (χ0n) is 14.1. The number of hydrogen-bond donors (Lipinski definition) is 1. The Balaban J connectivity index is 2.33. The Morgan fingerprint density at radius 3 is 2.57 bits per heavy atom. The maximum Gasteiger partial charge on any atom is 0.0878 e. The molecule has 0 amide bonds. The summed E-state index contributed by atoms with van der Waals surface area (Å²) >= 11 is 0. The van der Waals surface area contributed by atoms with Crippen molar-refractivity contribution in [1.82, 2.24) is 5.32 Å². The molecule has 1 aliphatic carbocycles. The highest BCUT2D eigenvalue weighted by Gasteiger charge is 2.43. The molecule has 0 bridgehead atoms. The fraction of sp³-hybridized carbons (Fsp3) is 0.684. The largest absolute Gasteiger partial charge is 0.373 e. The first kappa shape index (κ1) is 16.5. The fourth-order valence-corrected chi connectivity index (χ4v) is 3.88. The van der Waals surface area contributed by atoms with Crippen LogP contribution in [-0.2, 0) is 4.74 Å². The molecular formula is C19H31NO. The van der Waals surface area contributed by atoms with Crippen LogP contribution in [0.4, 0.5) is 0 Å². The van der Waals surface area contributed by atoms with Crippen LogP contribution in [0.1, 0.15) is 63.6 Å². The normalized spacial score (nSPS) is 27.5. The van der Waals surface area contributed by atoms with Gasteiger partial charge in [-0.3, -0.25) is 0 Å². The van der Waals surface area contributed by atoms with Crippen LogP contribution in [-0.4, -0.2) is 18.8 Å². The molecule has 1 aliphatic rings. The van der Waals surface area contributed by atoms with E-state index < -0.39 is 0 Å². The number of hydrogen-bond acceptors (Lipinski definition) is 2. The minimum absolute atomic E-state index is 0.0440. The lowest BCUT2D eigenvalue weighted by molar-refractivity contribution is -0.101. The molecule has 2 rings (SSSR count). The average molecular weight is 289 g/mol. The zero-order chi connectivity index (χ0) is 15.3. The van der Waals surface area contributed by atoms with Crippen molar-refractivity contribution in [2.24, 2.45) is 5.92 Å². The number of rotatable bonds is 6. The molecule has 3 unspecified atom stereocenters. The number of aryl methyl sites for hydroxylation is 1. The van der Waals surface area contributed by atoms with Crippen LogP contribution < -0.4 is 5.32 Å². The van der Waals surface area contributed by atoms with Crippen LogP contribution in [0, 0.1) is 12.8 Å². The van der Waals surface area contributed by atoms with Gasteiger partial charge in [0.1, 0.15) is 0 Å². The van der Waals surface area contributed by atoms with Gasteiger partial charge in [-0.05, 0) is 44.7 Å². The summed E-state index contributed by atoms with van der Waals surface area (Å²) in [6.45, 7) is 10.6. The maximum absolute atomic E-state index is 6.38. The summed E-state index contributed by atoms with van der Waals surface area (Å²) in [7, 11) is 0. The van der Waals surface area contributed by atoms with Gasteiger partial charge >= 0.3 is 0 Å². The Morgan fingerprint density at radius 2 is 2.00 bits per heavy atom. The van der Waals surface area contributed by atoms with E-state index in [4.69, 9.17) is 4.74 Å². The van der Waals surface area contributed by atoms with Gasteiger partial charge in [0, 0.05) is 6.61 Å². The predicted molar refractivity (Wildman–Crippen MR) is 89.6 cm³/mol. The summed E-state index contributed by atoms with van der Waals surface area (Å²) in [5, 5.41) is 3.71. The number of nitrogens with one attached hydrogen (secondary N) is 1. The van der Waals surface area contributed by atoms with E-state index in [0.717, 1.165) is 31.9 Å². The van der Waals surface area contributed by atoms with Crippen molar-refractivity contribution in [2.45, 2.75) is 65.0 Å². The second-order valence-electron chi connectivity index (χ2n) is 6.60. The lowest BCUT2D eigenvalue weighted by Gasteiger charge is -2.46. The van der Waals surface area contributed by atoms with Crippen molar-refractivity contribution in [2.75, 3.05) is 13.2 Å². The first-order valence-corrected chi connectivity index (χ1v) is 8.55. The summed E-state index contributed by atoms with van der Waals surface area (Å²) in [4.78, 5) is 0. The Kier molecular flexibility index (Phi) is 5.83. The van der Waals surface area contributed by atoms with Gasteiger partial charge in [0.15, 0.2) is 0 Å². The first-order chi connectivity index (χ1) is 10.1. The van der Waals surface area contributed by atoms with Crippen LogP contribution in [0.25, 0.3) is 0 Å². The summed E-state index contributed by atoms with van der Waals surface area (Å²) < 4.78 is 6.38. The van der Waals surface area contributed by atoms with Gasteiger partial charge in [0.25, 0.3) is 0 Å². The van der Waals surface area contributed by atoms with Gasteiger partial charge in [0.05, 0.1) is 11.6 Å². The van der Waals surface area contributed by atoms with Crippen molar-refractivity contribution < 1.29 is 4.74 Å². The van der Waals surface area contributed by atoms with Gasteiger partial charge in [-0.1, -0.05) is 56.5 Å². The highest BCUT2D eigenvalue weighted by atomic mass is 16.5. The first-order valence-electron chi connectivity index (χ1n) is 8.55. The van der Waals surface area contributed by atoms with E-state index in [2.05, 4.69) is 57.3 Å². The number of ether oxygens (including phenoxy) is 1. The van der Waals surface area contributed by atoms with E-state index in [1.807, 2.05) is 0 Å². The summed E-state index contributed by atoms with van der Waals surface area (Å²) in [6, 6.07) is 9.26. The molecule has 1 aromatic carbocycles. The smallest absolute Gasteiger partial charge is 0.0878 e. The van der Waals surface area contributed by atoms with Crippen molar-refractivity contribution in [3.8, 4) is 0 Å². The standard InChI is InChI=1S/C19H31NO/c1-5-20-18(17-11-9-15(3)10-12-17)19(21-6-2)13-7-8-16(4)14-19/h9-12,16,18,20H,5-8,13-14H2,1-4H3. The lowest BCUT2D eigenvalue weighted by atomic mass is 9.72.